The molecule has 4 nitrogen and oxygen atoms in total. The minimum absolute atomic E-state index is 0.0426. The summed E-state index contributed by atoms with van der Waals surface area (Å²) in [6, 6.07) is 9.98. The number of pyridine rings is 1. The average Bonchev–Trinajstić information content (AvgIpc) is 3.10. The lowest BCUT2D eigenvalue weighted by Crippen LogP contribution is -2.37. The molecule has 3 rings (SSSR count). The Hall–Kier alpha value is -2.27. The smallest absolute Gasteiger partial charge is 0.227 e. The number of carbonyl (C=O) groups excluding carboxylic acids is 1. The summed E-state index contributed by atoms with van der Waals surface area (Å²) in [7, 11) is 0. The van der Waals surface area contributed by atoms with Crippen molar-refractivity contribution in [2.75, 3.05) is 13.2 Å². The zero-order chi connectivity index (χ0) is 16.8. The lowest BCUT2D eigenvalue weighted by atomic mass is 10.1. The fourth-order valence-electron chi connectivity index (χ4n) is 2.89. The second-order valence-electron chi connectivity index (χ2n) is 6.07. The molecule has 0 N–H and O–H groups in total. The standard InChI is InChI=1S/C19H21FN2O2/c20-17-5-3-16(4-6-17)13-22(14-18-2-1-11-24-18)19(23)12-15-7-9-21-10-8-15/h3-10,18H,1-2,11-14H2/t18-/m0/s1. The second-order valence-corrected chi connectivity index (χ2v) is 6.07. The third-order valence-corrected chi connectivity index (χ3v) is 4.19. The Morgan fingerprint density at radius 2 is 1.92 bits per heavy atom. The largest absolute Gasteiger partial charge is 0.376 e. The van der Waals surface area contributed by atoms with Gasteiger partial charge < -0.3 is 9.64 Å². The van der Waals surface area contributed by atoms with E-state index in [0.717, 1.165) is 30.6 Å². The predicted molar refractivity (Wildman–Crippen MR) is 88.7 cm³/mol. The summed E-state index contributed by atoms with van der Waals surface area (Å²) < 4.78 is 18.8. The minimum atomic E-state index is -0.271. The van der Waals surface area contributed by atoms with Gasteiger partial charge >= 0.3 is 0 Å². The molecule has 0 saturated carbocycles. The minimum Gasteiger partial charge on any atom is -0.376 e. The molecule has 1 aromatic heterocycles. The molecular formula is C19H21FN2O2. The van der Waals surface area contributed by atoms with Crippen molar-refractivity contribution in [3.63, 3.8) is 0 Å². The number of rotatable bonds is 6. The molecule has 2 aromatic rings. The number of hydrogen-bond donors (Lipinski definition) is 0. The summed E-state index contributed by atoms with van der Waals surface area (Å²) in [5, 5.41) is 0. The Kier molecular flexibility index (Phi) is 5.54. The van der Waals surface area contributed by atoms with E-state index in [4.69, 9.17) is 4.74 Å². The van der Waals surface area contributed by atoms with Crippen LogP contribution in [0.1, 0.15) is 24.0 Å². The van der Waals surface area contributed by atoms with Crippen molar-refractivity contribution in [1.29, 1.82) is 0 Å². The van der Waals surface area contributed by atoms with E-state index in [0.29, 0.717) is 19.5 Å². The van der Waals surface area contributed by atoms with Gasteiger partial charge in [-0.2, -0.15) is 0 Å². The zero-order valence-electron chi connectivity index (χ0n) is 13.5. The maximum absolute atomic E-state index is 13.1. The van der Waals surface area contributed by atoms with Crippen molar-refractivity contribution < 1.29 is 13.9 Å². The van der Waals surface area contributed by atoms with E-state index in [2.05, 4.69) is 4.98 Å². The summed E-state index contributed by atoms with van der Waals surface area (Å²) >= 11 is 0. The Bertz CT molecular complexity index is 655. The van der Waals surface area contributed by atoms with E-state index in [-0.39, 0.29) is 17.8 Å². The van der Waals surface area contributed by atoms with Gasteiger partial charge in [-0.25, -0.2) is 4.39 Å². The number of nitrogens with zero attached hydrogens (tertiary/aromatic N) is 2. The SMILES string of the molecule is O=C(Cc1ccncc1)N(Cc1ccc(F)cc1)C[C@@H]1CCCO1. The number of hydrogen-bond acceptors (Lipinski definition) is 3. The molecule has 2 heterocycles. The van der Waals surface area contributed by atoms with Crippen LogP contribution in [0.5, 0.6) is 0 Å². The molecule has 5 heteroatoms. The lowest BCUT2D eigenvalue weighted by molar-refractivity contribution is -0.132. The highest BCUT2D eigenvalue weighted by Crippen LogP contribution is 2.16. The third-order valence-electron chi connectivity index (χ3n) is 4.19. The van der Waals surface area contributed by atoms with Crippen LogP contribution in [0.3, 0.4) is 0 Å². The maximum atomic E-state index is 13.1. The molecule has 126 valence electrons. The van der Waals surface area contributed by atoms with Crippen LogP contribution in [0.4, 0.5) is 4.39 Å². The van der Waals surface area contributed by atoms with Crippen LogP contribution in [0.2, 0.25) is 0 Å². The van der Waals surface area contributed by atoms with Gasteiger partial charge in [0.25, 0.3) is 0 Å². The second kappa shape index (κ2) is 8.02. The molecule has 0 unspecified atom stereocenters. The number of amides is 1. The van der Waals surface area contributed by atoms with Gasteiger partial charge in [0.05, 0.1) is 12.5 Å². The van der Waals surface area contributed by atoms with Gasteiger partial charge in [0, 0.05) is 32.1 Å². The van der Waals surface area contributed by atoms with Gasteiger partial charge in [-0.3, -0.25) is 9.78 Å². The van der Waals surface area contributed by atoms with E-state index in [1.54, 1.807) is 24.5 Å². The molecule has 1 fully saturated rings. The van der Waals surface area contributed by atoms with Crippen LogP contribution in [0.25, 0.3) is 0 Å². The molecule has 1 amide bonds. The Labute approximate surface area is 141 Å². The van der Waals surface area contributed by atoms with Crippen LogP contribution < -0.4 is 0 Å². The average molecular weight is 328 g/mol. The van der Waals surface area contributed by atoms with Crippen molar-refractivity contribution in [2.45, 2.75) is 31.9 Å². The number of halogens is 1. The number of carbonyl (C=O) groups is 1. The van der Waals surface area contributed by atoms with Crippen LogP contribution >= 0.6 is 0 Å². The molecule has 1 saturated heterocycles. The Morgan fingerprint density at radius 1 is 1.17 bits per heavy atom. The summed E-state index contributed by atoms with van der Waals surface area (Å²) in [6.07, 6.45) is 5.80. The van der Waals surface area contributed by atoms with Crippen LogP contribution in [-0.4, -0.2) is 35.0 Å². The van der Waals surface area contributed by atoms with Crippen molar-refractivity contribution >= 4 is 5.91 Å². The first kappa shape index (κ1) is 16.6. The number of ether oxygens (including phenoxy) is 1. The number of benzene rings is 1. The normalized spacial score (nSPS) is 17.0. The van der Waals surface area contributed by atoms with E-state index in [9.17, 15) is 9.18 Å². The van der Waals surface area contributed by atoms with E-state index >= 15 is 0 Å². The molecule has 1 aromatic carbocycles. The molecule has 1 aliphatic rings. The van der Waals surface area contributed by atoms with Gasteiger partial charge in [-0.1, -0.05) is 12.1 Å². The zero-order valence-corrected chi connectivity index (χ0v) is 13.5. The Balaban J connectivity index is 1.70. The summed E-state index contributed by atoms with van der Waals surface area (Å²) in [5.74, 6) is -0.228. The first-order valence-corrected chi connectivity index (χ1v) is 8.23. The highest BCUT2D eigenvalue weighted by Gasteiger charge is 2.23. The summed E-state index contributed by atoms with van der Waals surface area (Å²) in [5.41, 5.74) is 1.85. The first-order chi connectivity index (χ1) is 11.7. The summed E-state index contributed by atoms with van der Waals surface area (Å²) in [4.78, 5) is 18.5. The van der Waals surface area contributed by atoms with Crippen molar-refractivity contribution in [1.82, 2.24) is 9.88 Å². The molecule has 0 spiro atoms. The Morgan fingerprint density at radius 3 is 2.58 bits per heavy atom. The molecule has 1 aliphatic heterocycles. The summed E-state index contributed by atoms with van der Waals surface area (Å²) in [6.45, 7) is 1.79. The van der Waals surface area contributed by atoms with Crippen molar-refractivity contribution in [3.05, 3.63) is 65.7 Å². The van der Waals surface area contributed by atoms with Gasteiger partial charge in [-0.15, -0.1) is 0 Å². The van der Waals surface area contributed by atoms with Gasteiger partial charge in [-0.05, 0) is 48.2 Å². The molecule has 0 aliphatic carbocycles. The van der Waals surface area contributed by atoms with E-state index < -0.39 is 0 Å². The van der Waals surface area contributed by atoms with Gasteiger partial charge in [0.1, 0.15) is 5.82 Å². The number of aromatic nitrogens is 1. The van der Waals surface area contributed by atoms with Gasteiger partial charge in [0.15, 0.2) is 0 Å². The monoisotopic (exact) mass is 328 g/mol. The highest BCUT2D eigenvalue weighted by atomic mass is 19.1. The molecule has 1 atom stereocenters. The molecular weight excluding hydrogens is 307 g/mol. The topological polar surface area (TPSA) is 42.4 Å². The van der Waals surface area contributed by atoms with Crippen LogP contribution in [0.15, 0.2) is 48.8 Å². The lowest BCUT2D eigenvalue weighted by Gasteiger charge is -2.26. The fourth-order valence-corrected chi connectivity index (χ4v) is 2.89. The quantitative estimate of drug-likeness (QED) is 0.819. The first-order valence-electron chi connectivity index (χ1n) is 8.23. The third kappa shape index (κ3) is 4.61. The highest BCUT2D eigenvalue weighted by molar-refractivity contribution is 5.78. The van der Waals surface area contributed by atoms with Crippen LogP contribution in [0, 0.1) is 5.82 Å². The molecule has 0 bridgehead atoms. The van der Waals surface area contributed by atoms with Crippen molar-refractivity contribution in [2.24, 2.45) is 0 Å². The van der Waals surface area contributed by atoms with E-state index in [1.165, 1.54) is 12.1 Å². The molecule has 0 radical (unpaired) electrons. The maximum Gasteiger partial charge on any atom is 0.227 e. The van der Waals surface area contributed by atoms with Crippen LogP contribution in [-0.2, 0) is 22.5 Å². The fraction of sp³-hybridized carbons (Fsp3) is 0.368. The predicted octanol–water partition coefficient (Wildman–Crippen LogP) is 2.97. The molecule has 24 heavy (non-hydrogen) atoms. The van der Waals surface area contributed by atoms with E-state index in [1.807, 2.05) is 17.0 Å². The van der Waals surface area contributed by atoms with Gasteiger partial charge in [0.2, 0.25) is 5.91 Å². The van der Waals surface area contributed by atoms with Crippen molar-refractivity contribution in [3.8, 4) is 0 Å².